The highest BCUT2D eigenvalue weighted by atomic mass is 35.5. The number of hydrogen-bond donors (Lipinski definition) is 1. The van der Waals surface area contributed by atoms with Gasteiger partial charge < -0.3 is 10.2 Å². The first kappa shape index (κ1) is 15.8. The van der Waals surface area contributed by atoms with Crippen molar-refractivity contribution in [2.24, 2.45) is 5.92 Å². The van der Waals surface area contributed by atoms with Gasteiger partial charge in [0.05, 0.1) is 0 Å². The van der Waals surface area contributed by atoms with Crippen molar-refractivity contribution in [3.63, 3.8) is 0 Å². The highest BCUT2D eigenvalue weighted by Gasteiger charge is 2.13. The Morgan fingerprint density at radius 1 is 1.28 bits per heavy atom. The van der Waals surface area contributed by atoms with Crippen LogP contribution in [-0.4, -0.2) is 42.9 Å². The number of alkyl halides is 1. The molecule has 1 rings (SSSR count). The van der Waals surface area contributed by atoms with Gasteiger partial charge in [-0.2, -0.15) is 0 Å². The summed E-state index contributed by atoms with van der Waals surface area (Å²) in [4.78, 5) is 14.1. The number of halogens is 1. The minimum Gasteiger partial charge on any atom is -0.356 e. The summed E-state index contributed by atoms with van der Waals surface area (Å²) in [5, 5.41) is 3.02. The second-order valence-corrected chi connectivity index (χ2v) is 5.79. The van der Waals surface area contributed by atoms with Crippen molar-refractivity contribution in [3.8, 4) is 0 Å². The zero-order valence-electron chi connectivity index (χ0n) is 11.6. The standard InChI is InChI=1S/C14H27ClN2O/c1-13(12-17-9-5-2-6-10-17)11-16-14(18)7-3-4-8-15/h13H,2-12H2,1H3,(H,16,18). The van der Waals surface area contributed by atoms with Crippen LogP contribution in [0.1, 0.15) is 45.4 Å². The molecule has 4 heteroatoms. The topological polar surface area (TPSA) is 32.3 Å². The monoisotopic (exact) mass is 274 g/mol. The second kappa shape index (κ2) is 9.62. The van der Waals surface area contributed by atoms with E-state index in [-0.39, 0.29) is 5.91 Å². The van der Waals surface area contributed by atoms with Crippen molar-refractivity contribution >= 4 is 17.5 Å². The number of likely N-dealkylation sites (tertiary alicyclic amines) is 1. The van der Waals surface area contributed by atoms with Crippen LogP contribution < -0.4 is 5.32 Å². The summed E-state index contributed by atoms with van der Waals surface area (Å²) in [5.41, 5.74) is 0. The maximum Gasteiger partial charge on any atom is 0.220 e. The summed E-state index contributed by atoms with van der Waals surface area (Å²) in [5.74, 6) is 1.37. The third kappa shape index (κ3) is 7.22. The predicted octanol–water partition coefficient (Wildman–Crippen LogP) is 2.63. The molecule has 106 valence electrons. The lowest BCUT2D eigenvalue weighted by Crippen LogP contribution is -2.38. The average Bonchev–Trinajstić information content (AvgIpc) is 2.38. The van der Waals surface area contributed by atoms with Crippen LogP contribution in [0.15, 0.2) is 0 Å². The summed E-state index contributed by atoms with van der Waals surface area (Å²) in [6, 6.07) is 0. The van der Waals surface area contributed by atoms with Crippen LogP contribution in [0, 0.1) is 5.92 Å². The fraction of sp³-hybridized carbons (Fsp3) is 0.929. The van der Waals surface area contributed by atoms with Crippen molar-refractivity contribution in [1.82, 2.24) is 10.2 Å². The van der Waals surface area contributed by atoms with E-state index < -0.39 is 0 Å². The molecule has 0 radical (unpaired) electrons. The molecule has 1 atom stereocenters. The molecule has 0 saturated carbocycles. The lowest BCUT2D eigenvalue weighted by molar-refractivity contribution is -0.121. The van der Waals surface area contributed by atoms with Crippen molar-refractivity contribution < 1.29 is 4.79 Å². The van der Waals surface area contributed by atoms with Crippen LogP contribution in [-0.2, 0) is 4.79 Å². The van der Waals surface area contributed by atoms with E-state index in [0.29, 0.717) is 18.2 Å². The van der Waals surface area contributed by atoms with Crippen molar-refractivity contribution in [2.75, 3.05) is 32.1 Å². The molecule has 1 fully saturated rings. The van der Waals surface area contributed by atoms with Gasteiger partial charge in [-0.3, -0.25) is 4.79 Å². The van der Waals surface area contributed by atoms with E-state index in [2.05, 4.69) is 17.1 Å². The molecule has 1 aliphatic heterocycles. The first-order valence-corrected chi connectivity index (χ1v) is 7.81. The molecule has 1 heterocycles. The summed E-state index contributed by atoms with van der Waals surface area (Å²) in [6.07, 6.45) is 6.48. The van der Waals surface area contributed by atoms with Gasteiger partial charge in [-0.15, -0.1) is 11.6 Å². The number of hydrogen-bond acceptors (Lipinski definition) is 2. The van der Waals surface area contributed by atoms with Crippen molar-refractivity contribution in [3.05, 3.63) is 0 Å². The van der Waals surface area contributed by atoms with Crippen LogP contribution >= 0.6 is 11.6 Å². The lowest BCUT2D eigenvalue weighted by atomic mass is 10.1. The van der Waals surface area contributed by atoms with Gasteiger partial charge in [-0.1, -0.05) is 13.3 Å². The van der Waals surface area contributed by atoms with E-state index in [1.54, 1.807) is 0 Å². The van der Waals surface area contributed by atoms with Crippen LogP contribution in [0.2, 0.25) is 0 Å². The Hall–Kier alpha value is -0.280. The van der Waals surface area contributed by atoms with Crippen LogP contribution in [0.4, 0.5) is 0 Å². The second-order valence-electron chi connectivity index (χ2n) is 5.42. The zero-order chi connectivity index (χ0) is 13.2. The molecule has 0 aromatic heterocycles. The maximum absolute atomic E-state index is 11.5. The van der Waals surface area contributed by atoms with Crippen LogP contribution in [0.3, 0.4) is 0 Å². The van der Waals surface area contributed by atoms with E-state index in [1.165, 1.54) is 32.4 Å². The van der Waals surface area contributed by atoms with Gasteiger partial charge in [-0.05, 0) is 44.7 Å². The van der Waals surface area contributed by atoms with Crippen molar-refractivity contribution in [2.45, 2.75) is 45.4 Å². The Balaban J connectivity index is 2.04. The molecule has 1 amide bonds. The Morgan fingerprint density at radius 3 is 2.67 bits per heavy atom. The minimum absolute atomic E-state index is 0.172. The molecule has 3 nitrogen and oxygen atoms in total. The number of nitrogens with zero attached hydrogens (tertiary/aromatic N) is 1. The Labute approximate surface area is 116 Å². The lowest BCUT2D eigenvalue weighted by Gasteiger charge is -2.29. The molecule has 1 saturated heterocycles. The zero-order valence-corrected chi connectivity index (χ0v) is 12.3. The summed E-state index contributed by atoms with van der Waals surface area (Å²) in [6.45, 7) is 6.59. The molecule has 0 aromatic rings. The number of piperidine rings is 1. The van der Waals surface area contributed by atoms with Gasteiger partial charge in [0, 0.05) is 25.4 Å². The molecule has 18 heavy (non-hydrogen) atoms. The first-order chi connectivity index (χ1) is 8.72. The number of carbonyl (C=O) groups excluding carboxylic acids is 1. The Bertz CT molecular complexity index is 230. The fourth-order valence-corrected chi connectivity index (χ4v) is 2.59. The van der Waals surface area contributed by atoms with Crippen LogP contribution in [0.25, 0.3) is 0 Å². The largest absolute Gasteiger partial charge is 0.356 e. The van der Waals surface area contributed by atoms with E-state index >= 15 is 0 Å². The summed E-state index contributed by atoms with van der Waals surface area (Å²) in [7, 11) is 0. The molecular weight excluding hydrogens is 248 g/mol. The highest BCUT2D eigenvalue weighted by molar-refractivity contribution is 6.17. The smallest absolute Gasteiger partial charge is 0.220 e. The Morgan fingerprint density at radius 2 is 2.00 bits per heavy atom. The number of rotatable bonds is 8. The van der Waals surface area contributed by atoms with E-state index in [4.69, 9.17) is 11.6 Å². The molecule has 0 spiro atoms. The van der Waals surface area contributed by atoms with Crippen molar-refractivity contribution in [1.29, 1.82) is 0 Å². The predicted molar refractivity (Wildman–Crippen MR) is 77.0 cm³/mol. The molecule has 1 aliphatic rings. The van der Waals surface area contributed by atoms with Gasteiger partial charge in [0.15, 0.2) is 0 Å². The van der Waals surface area contributed by atoms with Gasteiger partial charge >= 0.3 is 0 Å². The van der Waals surface area contributed by atoms with E-state index in [1.807, 2.05) is 0 Å². The Kier molecular flexibility index (Phi) is 8.44. The third-order valence-corrected chi connectivity index (χ3v) is 3.72. The number of unbranched alkanes of at least 4 members (excludes halogenated alkanes) is 1. The molecule has 0 bridgehead atoms. The molecular formula is C14H27ClN2O. The maximum atomic E-state index is 11.5. The molecule has 1 N–H and O–H groups in total. The average molecular weight is 275 g/mol. The molecule has 1 unspecified atom stereocenters. The first-order valence-electron chi connectivity index (χ1n) is 7.27. The highest BCUT2D eigenvalue weighted by Crippen LogP contribution is 2.10. The summed E-state index contributed by atoms with van der Waals surface area (Å²) < 4.78 is 0. The molecule has 0 aromatic carbocycles. The number of carbonyl (C=O) groups is 1. The minimum atomic E-state index is 0.172. The van der Waals surface area contributed by atoms with Crippen LogP contribution in [0.5, 0.6) is 0 Å². The van der Waals surface area contributed by atoms with Gasteiger partial charge in [0.1, 0.15) is 0 Å². The quantitative estimate of drug-likeness (QED) is 0.545. The van der Waals surface area contributed by atoms with Gasteiger partial charge in [-0.25, -0.2) is 0 Å². The number of nitrogens with one attached hydrogen (secondary N) is 1. The normalized spacial score (nSPS) is 18.6. The fourth-order valence-electron chi connectivity index (χ4n) is 2.40. The van der Waals surface area contributed by atoms with E-state index in [9.17, 15) is 4.79 Å². The SMILES string of the molecule is CC(CNC(=O)CCCCCl)CN1CCCCC1. The van der Waals surface area contributed by atoms with Gasteiger partial charge in [0.25, 0.3) is 0 Å². The third-order valence-electron chi connectivity index (χ3n) is 3.45. The molecule has 0 aliphatic carbocycles. The van der Waals surface area contributed by atoms with Gasteiger partial charge in [0.2, 0.25) is 5.91 Å². The summed E-state index contributed by atoms with van der Waals surface area (Å²) >= 11 is 5.58. The number of amides is 1. The van der Waals surface area contributed by atoms with E-state index in [0.717, 1.165) is 25.9 Å².